The zero-order valence-electron chi connectivity index (χ0n) is 23.2. The standard InChI is InChI=1S/C33H29F3N2O5/c1-2-3-19-41-27-20-29(38-21-26(33(34,35)36)30(39)37-31(38)40)43-28(27)22-42-32(23-13-7-4-8-14-23,24-15-9-5-10-16-24)25-17-11-6-12-18-25/h4-18,21,27-29H,19-20,22H2,1H3,(H,37,39,40)/t27-,28+,29+/m0/s1. The van der Waals surface area contributed by atoms with Crippen LogP contribution >= 0.6 is 0 Å². The molecule has 222 valence electrons. The Morgan fingerprint density at radius 3 is 1.93 bits per heavy atom. The number of ether oxygens (including phenoxy) is 3. The van der Waals surface area contributed by atoms with Crippen molar-refractivity contribution in [3.63, 3.8) is 0 Å². The smallest absolute Gasteiger partial charge is 0.363 e. The first-order chi connectivity index (χ1) is 20.7. The van der Waals surface area contributed by atoms with Gasteiger partial charge in [0.1, 0.15) is 30.1 Å². The van der Waals surface area contributed by atoms with Crippen LogP contribution in [0.1, 0.15) is 41.8 Å². The molecular formula is C33H29F3N2O5. The van der Waals surface area contributed by atoms with Gasteiger partial charge in [-0.2, -0.15) is 13.2 Å². The molecule has 1 fully saturated rings. The number of nitrogens with one attached hydrogen (secondary N) is 1. The number of nitrogens with zero attached hydrogens (tertiary/aromatic N) is 1. The number of aromatic nitrogens is 2. The fraction of sp³-hybridized carbons (Fsp3) is 0.273. The molecule has 0 bridgehead atoms. The molecule has 0 radical (unpaired) electrons. The van der Waals surface area contributed by atoms with Gasteiger partial charge in [0.15, 0.2) is 0 Å². The van der Waals surface area contributed by atoms with Crippen molar-refractivity contribution >= 4 is 0 Å². The van der Waals surface area contributed by atoms with E-state index < -0.39 is 47.0 Å². The molecule has 1 aliphatic heterocycles. The Labute approximate surface area is 245 Å². The Morgan fingerprint density at radius 1 is 0.907 bits per heavy atom. The first-order valence-corrected chi connectivity index (χ1v) is 13.6. The van der Waals surface area contributed by atoms with Gasteiger partial charge in [0.25, 0.3) is 5.56 Å². The third kappa shape index (κ3) is 6.34. The Balaban J connectivity index is 1.54. The second-order valence-corrected chi connectivity index (χ2v) is 9.94. The van der Waals surface area contributed by atoms with Gasteiger partial charge in [-0.15, -0.1) is 5.92 Å². The van der Waals surface area contributed by atoms with E-state index in [0.717, 1.165) is 21.3 Å². The maximum Gasteiger partial charge on any atom is 0.423 e. The maximum absolute atomic E-state index is 13.5. The number of hydrogen-bond acceptors (Lipinski definition) is 5. The van der Waals surface area contributed by atoms with Crippen molar-refractivity contribution in [3.8, 4) is 11.8 Å². The molecule has 0 unspecified atom stereocenters. The molecule has 1 N–H and O–H groups in total. The van der Waals surface area contributed by atoms with E-state index in [9.17, 15) is 22.8 Å². The van der Waals surface area contributed by atoms with Gasteiger partial charge in [-0.1, -0.05) is 96.9 Å². The lowest BCUT2D eigenvalue weighted by atomic mass is 9.80. The zero-order valence-corrected chi connectivity index (χ0v) is 23.2. The molecule has 43 heavy (non-hydrogen) atoms. The Kier molecular flexibility index (Phi) is 8.97. The quantitative estimate of drug-likeness (QED) is 0.213. The predicted octanol–water partition coefficient (Wildman–Crippen LogP) is 5.26. The minimum Gasteiger partial charge on any atom is -0.363 e. The Hall–Kier alpha value is -4.43. The highest BCUT2D eigenvalue weighted by Crippen LogP contribution is 2.42. The highest BCUT2D eigenvalue weighted by atomic mass is 19.4. The molecule has 10 heteroatoms. The van der Waals surface area contributed by atoms with Gasteiger partial charge >= 0.3 is 11.9 Å². The summed E-state index contributed by atoms with van der Waals surface area (Å²) >= 11 is 0. The zero-order chi connectivity index (χ0) is 30.5. The maximum atomic E-state index is 13.5. The van der Waals surface area contributed by atoms with E-state index in [4.69, 9.17) is 14.2 Å². The second-order valence-electron chi connectivity index (χ2n) is 9.94. The normalized spacial score (nSPS) is 18.7. The monoisotopic (exact) mass is 590 g/mol. The highest BCUT2D eigenvalue weighted by molar-refractivity contribution is 5.47. The van der Waals surface area contributed by atoms with Gasteiger partial charge < -0.3 is 14.2 Å². The summed E-state index contributed by atoms with van der Waals surface area (Å²) in [7, 11) is 0. The third-order valence-corrected chi connectivity index (χ3v) is 7.32. The van der Waals surface area contributed by atoms with Crippen LogP contribution in [0.15, 0.2) is 107 Å². The topological polar surface area (TPSA) is 82.6 Å². The van der Waals surface area contributed by atoms with Crippen molar-refractivity contribution in [1.82, 2.24) is 9.55 Å². The fourth-order valence-electron chi connectivity index (χ4n) is 5.29. The molecule has 0 spiro atoms. The molecule has 2 heterocycles. The van der Waals surface area contributed by atoms with E-state index in [1.54, 1.807) is 11.9 Å². The minimum atomic E-state index is -4.96. The number of benzene rings is 3. The molecule has 5 rings (SSSR count). The molecule has 0 aliphatic carbocycles. The van der Waals surface area contributed by atoms with Crippen molar-refractivity contribution in [1.29, 1.82) is 0 Å². The summed E-state index contributed by atoms with van der Waals surface area (Å²) in [6.07, 6.45) is -7.08. The van der Waals surface area contributed by atoms with Gasteiger partial charge in [-0.05, 0) is 23.6 Å². The van der Waals surface area contributed by atoms with E-state index in [1.165, 1.54) is 0 Å². The lowest BCUT2D eigenvalue weighted by molar-refractivity contribution is -0.140. The molecule has 7 nitrogen and oxygen atoms in total. The Bertz CT molecular complexity index is 1600. The van der Waals surface area contributed by atoms with E-state index in [1.807, 2.05) is 91.0 Å². The van der Waals surface area contributed by atoms with Gasteiger partial charge in [-0.25, -0.2) is 4.79 Å². The van der Waals surface area contributed by atoms with Crippen LogP contribution in [-0.4, -0.2) is 35.0 Å². The summed E-state index contributed by atoms with van der Waals surface area (Å²) in [6, 6.07) is 29.0. The van der Waals surface area contributed by atoms with Crippen molar-refractivity contribution in [2.24, 2.45) is 0 Å². The minimum absolute atomic E-state index is 0.0255. The second kappa shape index (κ2) is 12.8. The highest BCUT2D eigenvalue weighted by Gasteiger charge is 2.43. The number of rotatable bonds is 9. The summed E-state index contributed by atoms with van der Waals surface area (Å²) in [6.45, 7) is 1.65. The summed E-state index contributed by atoms with van der Waals surface area (Å²) in [5.41, 5.74) is -2.58. The van der Waals surface area contributed by atoms with Crippen LogP contribution in [-0.2, 0) is 26.0 Å². The van der Waals surface area contributed by atoms with Crippen LogP contribution in [0.5, 0.6) is 0 Å². The summed E-state index contributed by atoms with van der Waals surface area (Å²) < 4.78 is 60.2. The lowest BCUT2D eigenvalue weighted by Gasteiger charge is -2.37. The van der Waals surface area contributed by atoms with Crippen LogP contribution in [0.4, 0.5) is 13.2 Å². The molecule has 0 saturated carbocycles. The van der Waals surface area contributed by atoms with Crippen LogP contribution in [0.3, 0.4) is 0 Å². The van der Waals surface area contributed by atoms with Crippen LogP contribution in [0, 0.1) is 11.8 Å². The largest absolute Gasteiger partial charge is 0.423 e. The number of aromatic amines is 1. The van der Waals surface area contributed by atoms with E-state index in [-0.39, 0.29) is 19.6 Å². The third-order valence-electron chi connectivity index (χ3n) is 7.32. The van der Waals surface area contributed by atoms with Gasteiger partial charge in [0, 0.05) is 12.6 Å². The molecule has 3 atom stereocenters. The molecule has 3 aromatic carbocycles. The summed E-state index contributed by atoms with van der Waals surface area (Å²) in [4.78, 5) is 26.3. The summed E-state index contributed by atoms with van der Waals surface area (Å²) in [5.74, 6) is 5.56. The number of halogens is 3. The van der Waals surface area contributed by atoms with Crippen LogP contribution in [0.2, 0.25) is 0 Å². The van der Waals surface area contributed by atoms with Crippen LogP contribution in [0.25, 0.3) is 0 Å². The van der Waals surface area contributed by atoms with Crippen molar-refractivity contribution in [3.05, 3.63) is 140 Å². The SMILES string of the molecule is CC#CCO[C@H]1C[C@H](n2cc(C(F)(F)F)c(=O)[nH]c2=O)O[C@@H]1COC(c1ccccc1)(c1ccccc1)c1ccccc1. The van der Waals surface area contributed by atoms with Gasteiger partial charge in [-0.3, -0.25) is 14.3 Å². The van der Waals surface area contributed by atoms with Crippen molar-refractivity contribution in [2.75, 3.05) is 13.2 Å². The molecule has 1 aromatic heterocycles. The number of alkyl halides is 3. The first-order valence-electron chi connectivity index (χ1n) is 13.6. The molecule has 4 aromatic rings. The first kappa shape index (κ1) is 30.0. The van der Waals surface area contributed by atoms with Crippen molar-refractivity contribution < 1.29 is 27.4 Å². The van der Waals surface area contributed by atoms with Gasteiger partial charge in [0.05, 0.1) is 12.7 Å². The molecular weight excluding hydrogens is 561 g/mol. The van der Waals surface area contributed by atoms with E-state index in [0.29, 0.717) is 6.20 Å². The molecule has 1 aliphatic rings. The van der Waals surface area contributed by atoms with Gasteiger partial charge in [0.2, 0.25) is 0 Å². The summed E-state index contributed by atoms with van der Waals surface area (Å²) in [5, 5.41) is 0. The fourth-order valence-corrected chi connectivity index (χ4v) is 5.29. The number of H-pyrrole nitrogens is 1. The molecule has 1 saturated heterocycles. The van der Waals surface area contributed by atoms with E-state index >= 15 is 0 Å². The van der Waals surface area contributed by atoms with E-state index in [2.05, 4.69) is 11.8 Å². The van der Waals surface area contributed by atoms with Crippen molar-refractivity contribution in [2.45, 2.75) is 43.6 Å². The number of hydrogen-bond donors (Lipinski definition) is 1. The van der Waals surface area contributed by atoms with Crippen LogP contribution < -0.4 is 11.2 Å². The lowest BCUT2D eigenvalue weighted by Crippen LogP contribution is -2.39. The Morgan fingerprint density at radius 2 is 1.44 bits per heavy atom. The molecule has 0 amide bonds. The predicted molar refractivity (Wildman–Crippen MR) is 153 cm³/mol. The average molecular weight is 591 g/mol. The average Bonchev–Trinajstić information content (AvgIpc) is 3.41.